The van der Waals surface area contributed by atoms with E-state index >= 15 is 0 Å². The van der Waals surface area contributed by atoms with E-state index in [4.69, 9.17) is 0 Å². The largest absolute Gasteiger partial charge is 0.0901 e. The summed E-state index contributed by atoms with van der Waals surface area (Å²) in [6, 6.07) is 16.9. The van der Waals surface area contributed by atoms with Crippen molar-refractivity contribution in [2.45, 2.75) is 16.7 Å². The van der Waals surface area contributed by atoms with Gasteiger partial charge in [-0.25, -0.2) is 0 Å². The SMILES string of the molecule is Cc1ccc(Sc2ccccc2)cc1Br. The molecule has 0 nitrogen and oxygen atoms in total. The molecule has 0 atom stereocenters. The van der Waals surface area contributed by atoms with Gasteiger partial charge >= 0.3 is 0 Å². The van der Waals surface area contributed by atoms with Gasteiger partial charge in [0.15, 0.2) is 0 Å². The molecule has 0 amide bonds. The van der Waals surface area contributed by atoms with E-state index in [0.717, 1.165) is 0 Å². The number of halogens is 1. The predicted molar refractivity (Wildman–Crippen MR) is 69.4 cm³/mol. The third kappa shape index (κ3) is 2.86. The van der Waals surface area contributed by atoms with Crippen molar-refractivity contribution in [1.29, 1.82) is 0 Å². The molecule has 2 aromatic rings. The van der Waals surface area contributed by atoms with Crippen LogP contribution in [0.1, 0.15) is 5.56 Å². The number of benzene rings is 2. The third-order valence-electron chi connectivity index (χ3n) is 2.12. The maximum Gasteiger partial charge on any atom is 0.0215 e. The second kappa shape index (κ2) is 4.86. The van der Waals surface area contributed by atoms with Crippen molar-refractivity contribution in [3.05, 3.63) is 58.6 Å². The highest BCUT2D eigenvalue weighted by Crippen LogP contribution is 2.30. The molecule has 0 spiro atoms. The van der Waals surface area contributed by atoms with E-state index in [-0.39, 0.29) is 0 Å². The first kappa shape index (κ1) is 10.8. The predicted octanol–water partition coefficient (Wildman–Crippen LogP) is 4.91. The molecule has 0 N–H and O–H groups in total. The van der Waals surface area contributed by atoms with Crippen molar-refractivity contribution in [1.82, 2.24) is 0 Å². The van der Waals surface area contributed by atoms with Crippen LogP contribution in [0.2, 0.25) is 0 Å². The van der Waals surface area contributed by atoms with Gasteiger partial charge in [-0.2, -0.15) is 0 Å². The third-order valence-corrected chi connectivity index (χ3v) is 3.97. The first-order valence-corrected chi connectivity index (χ1v) is 6.36. The minimum absolute atomic E-state index is 1.17. The van der Waals surface area contributed by atoms with Crippen molar-refractivity contribution in [3.8, 4) is 0 Å². The Labute approximate surface area is 103 Å². The van der Waals surface area contributed by atoms with Crippen LogP contribution in [-0.4, -0.2) is 0 Å². The summed E-state index contributed by atoms with van der Waals surface area (Å²) in [4.78, 5) is 2.53. The van der Waals surface area contributed by atoms with E-state index in [2.05, 4.69) is 65.3 Å². The number of hydrogen-bond donors (Lipinski definition) is 0. The maximum atomic E-state index is 3.55. The summed E-state index contributed by atoms with van der Waals surface area (Å²) in [7, 11) is 0. The van der Waals surface area contributed by atoms with E-state index < -0.39 is 0 Å². The standard InChI is InChI=1S/C13H11BrS/c1-10-7-8-12(9-13(10)14)15-11-5-3-2-4-6-11/h2-9H,1H3. The van der Waals surface area contributed by atoms with Crippen molar-refractivity contribution >= 4 is 27.7 Å². The monoisotopic (exact) mass is 278 g/mol. The van der Waals surface area contributed by atoms with Crippen LogP contribution < -0.4 is 0 Å². The lowest BCUT2D eigenvalue weighted by atomic mass is 10.2. The molecule has 0 aliphatic heterocycles. The molecule has 0 aliphatic carbocycles. The maximum absolute atomic E-state index is 3.55. The molecular formula is C13H11BrS. The minimum atomic E-state index is 1.17. The number of aryl methyl sites for hydroxylation is 1. The molecule has 0 unspecified atom stereocenters. The molecule has 0 aliphatic rings. The van der Waals surface area contributed by atoms with Gasteiger partial charge in [0.2, 0.25) is 0 Å². The van der Waals surface area contributed by atoms with Crippen molar-refractivity contribution in [2.75, 3.05) is 0 Å². The van der Waals surface area contributed by atoms with Crippen molar-refractivity contribution in [2.24, 2.45) is 0 Å². The summed E-state index contributed by atoms with van der Waals surface area (Å²) in [5.74, 6) is 0. The average Bonchev–Trinajstić information content (AvgIpc) is 2.25. The fraction of sp³-hybridized carbons (Fsp3) is 0.0769. The quantitative estimate of drug-likeness (QED) is 0.752. The molecule has 0 aromatic heterocycles. The summed E-state index contributed by atoms with van der Waals surface area (Å²) in [6.45, 7) is 2.10. The van der Waals surface area contributed by atoms with Crippen molar-refractivity contribution < 1.29 is 0 Å². The Morgan fingerprint density at radius 3 is 2.33 bits per heavy atom. The van der Waals surface area contributed by atoms with Crippen LogP contribution in [0.5, 0.6) is 0 Å². The molecule has 0 saturated carbocycles. The zero-order chi connectivity index (χ0) is 10.7. The Hall–Kier alpha value is -0.730. The number of hydrogen-bond acceptors (Lipinski definition) is 1. The normalized spacial score (nSPS) is 10.3. The minimum Gasteiger partial charge on any atom is -0.0901 e. The van der Waals surface area contributed by atoms with Gasteiger partial charge in [-0.15, -0.1) is 0 Å². The van der Waals surface area contributed by atoms with Crippen LogP contribution >= 0.6 is 27.7 Å². The summed E-state index contributed by atoms with van der Waals surface area (Å²) < 4.78 is 1.17. The van der Waals surface area contributed by atoms with Crippen LogP contribution in [0.3, 0.4) is 0 Å². The molecule has 2 heteroatoms. The molecule has 2 aromatic carbocycles. The van der Waals surface area contributed by atoms with Gasteiger partial charge in [0.25, 0.3) is 0 Å². The van der Waals surface area contributed by atoms with Crippen LogP contribution in [0.15, 0.2) is 62.8 Å². The summed E-state index contributed by atoms with van der Waals surface area (Å²) in [5.41, 5.74) is 1.27. The molecule has 2 rings (SSSR count). The smallest absolute Gasteiger partial charge is 0.0215 e. The second-order valence-electron chi connectivity index (χ2n) is 3.33. The lowest BCUT2D eigenvalue weighted by Crippen LogP contribution is -1.77. The van der Waals surface area contributed by atoms with Crippen molar-refractivity contribution in [3.63, 3.8) is 0 Å². The summed E-state index contributed by atoms with van der Waals surface area (Å²) in [6.07, 6.45) is 0. The van der Waals surface area contributed by atoms with E-state index in [1.807, 2.05) is 6.07 Å². The highest BCUT2D eigenvalue weighted by Gasteiger charge is 1.99. The van der Waals surface area contributed by atoms with E-state index in [1.165, 1.54) is 19.8 Å². The summed E-state index contributed by atoms with van der Waals surface area (Å²) >= 11 is 5.33. The van der Waals surface area contributed by atoms with Crippen LogP contribution in [0, 0.1) is 6.92 Å². The van der Waals surface area contributed by atoms with Gasteiger partial charge in [-0.05, 0) is 36.8 Å². The van der Waals surface area contributed by atoms with Gasteiger partial charge in [-0.3, -0.25) is 0 Å². The lowest BCUT2D eigenvalue weighted by Gasteiger charge is -2.03. The fourth-order valence-corrected chi connectivity index (χ4v) is 2.67. The molecule has 76 valence electrons. The topological polar surface area (TPSA) is 0 Å². The van der Waals surface area contributed by atoms with Gasteiger partial charge in [0, 0.05) is 14.3 Å². The Balaban J connectivity index is 2.22. The zero-order valence-electron chi connectivity index (χ0n) is 8.41. The van der Waals surface area contributed by atoms with Gasteiger partial charge < -0.3 is 0 Å². The van der Waals surface area contributed by atoms with Gasteiger partial charge in [0.05, 0.1) is 0 Å². The Kier molecular flexibility index (Phi) is 3.49. The fourth-order valence-electron chi connectivity index (χ4n) is 1.26. The van der Waals surface area contributed by atoms with Crippen LogP contribution in [0.4, 0.5) is 0 Å². The molecule has 0 fully saturated rings. The van der Waals surface area contributed by atoms with Gasteiger partial charge in [-0.1, -0.05) is 52.0 Å². The van der Waals surface area contributed by atoms with Gasteiger partial charge in [0.1, 0.15) is 0 Å². The molecule has 0 heterocycles. The molecule has 0 radical (unpaired) electrons. The Morgan fingerprint density at radius 2 is 1.67 bits per heavy atom. The average molecular weight is 279 g/mol. The Bertz CT molecular complexity index is 451. The van der Waals surface area contributed by atoms with Crippen LogP contribution in [-0.2, 0) is 0 Å². The second-order valence-corrected chi connectivity index (χ2v) is 5.33. The lowest BCUT2D eigenvalue weighted by molar-refractivity contribution is 1.33. The highest BCUT2D eigenvalue weighted by molar-refractivity contribution is 9.10. The molecule has 0 saturated heterocycles. The first-order chi connectivity index (χ1) is 7.25. The molecule has 0 bridgehead atoms. The van der Waals surface area contributed by atoms with E-state index in [1.54, 1.807) is 11.8 Å². The first-order valence-electron chi connectivity index (χ1n) is 4.75. The van der Waals surface area contributed by atoms with Crippen LogP contribution in [0.25, 0.3) is 0 Å². The molecular weight excluding hydrogens is 268 g/mol. The zero-order valence-corrected chi connectivity index (χ0v) is 10.8. The summed E-state index contributed by atoms with van der Waals surface area (Å²) in [5, 5.41) is 0. The number of rotatable bonds is 2. The van der Waals surface area contributed by atoms with E-state index in [0.29, 0.717) is 0 Å². The molecule has 15 heavy (non-hydrogen) atoms. The highest BCUT2D eigenvalue weighted by atomic mass is 79.9. The Morgan fingerprint density at radius 1 is 0.933 bits per heavy atom. The van der Waals surface area contributed by atoms with E-state index in [9.17, 15) is 0 Å².